The molecular weight excluding hydrogens is 470 g/mol. The maximum absolute atomic E-state index is 13.3. The first-order chi connectivity index (χ1) is 17.6. The summed E-state index contributed by atoms with van der Waals surface area (Å²) in [5, 5.41) is 5.97. The van der Waals surface area contributed by atoms with Crippen LogP contribution in [0.1, 0.15) is 65.1 Å². The fraction of sp³-hybridized carbons (Fsp3) is 0.607. The number of piperazine rings is 1. The van der Waals surface area contributed by atoms with Gasteiger partial charge in [-0.1, -0.05) is 52.0 Å². The largest absolute Gasteiger partial charge is 0.463 e. The molecule has 1 fully saturated rings. The molecule has 3 rings (SSSR count). The van der Waals surface area contributed by atoms with Gasteiger partial charge in [-0.15, -0.1) is 0 Å². The molecule has 0 aliphatic carbocycles. The van der Waals surface area contributed by atoms with Crippen molar-refractivity contribution in [3.63, 3.8) is 0 Å². The van der Waals surface area contributed by atoms with E-state index in [0.717, 1.165) is 12.0 Å². The minimum absolute atomic E-state index is 0.00604. The molecule has 2 heterocycles. The molecule has 2 aliphatic rings. The Balaban J connectivity index is 1.91. The van der Waals surface area contributed by atoms with E-state index in [2.05, 4.69) is 48.4 Å². The molecule has 4 amide bonds. The Morgan fingerprint density at radius 1 is 1.05 bits per heavy atom. The Kier molecular flexibility index (Phi) is 9.59. The Morgan fingerprint density at radius 3 is 2.24 bits per heavy atom. The van der Waals surface area contributed by atoms with Gasteiger partial charge in [0.15, 0.2) is 0 Å². The lowest BCUT2D eigenvalue weighted by Crippen LogP contribution is -2.55. The summed E-state index contributed by atoms with van der Waals surface area (Å²) in [6.07, 6.45) is 0.894. The van der Waals surface area contributed by atoms with Crippen LogP contribution in [-0.4, -0.2) is 85.2 Å². The van der Waals surface area contributed by atoms with E-state index in [1.165, 1.54) is 5.56 Å². The van der Waals surface area contributed by atoms with Crippen LogP contribution in [0.3, 0.4) is 0 Å². The standard InChI is InChI=1S/C28H43N5O4/c1-7-14-29-26(35)32-17-15-31(16-18-32)19-22-23(25(34)37-9-3)24(30-27(36)33(22)8-2)20-10-12-21(13-11-20)28(4,5)6/h10-13,24H,7-9,14-19H2,1-6H3,(H,29,35)(H,30,36). The number of amides is 4. The molecule has 204 valence electrons. The van der Waals surface area contributed by atoms with E-state index < -0.39 is 12.0 Å². The molecule has 1 aromatic rings. The van der Waals surface area contributed by atoms with Gasteiger partial charge in [0.25, 0.3) is 0 Å². The lowest BCUT2D eigenvalue weighted by molar-refractivity contribution is -0.139. The Labute approximate surface area is 221 Å². The van der Waals surface area contributed by atoms with Crippen LogP contribution in [0.4, 0.5) is 9.59 Å². The second-order valence-corrected chi connectivity index (χ2v) is 10.6. The summed E-state index contributed by atoms with van der Waals surface area (Å²) in [7, 11) is 0. The molecular formula is C28H43N5O4. The first-order valence-electron chi connectivity index (χ1n) is 13.4. The number of ether oxygens (including phenoxy) is 1. The van der Waals surface area contributed by atoms with Crippen LogP contribution < -0.4 is 10.6 Å². The normalized spacial score (nSPS) is 19.1. The van der Waals surface area contributed by atoms with Gasteiger partial charge in [0, 0.05) is 51.5 Å². The van der Waals surface area contributed by atoms with Crippen LogP contribution >= 0.6 is 0 Å². The summed E-state index contributed by atoms with van der Waals surface area (Å²) in [5.41, 5.74) is 3.15. The maximum Gasteiger partial charge on any atom is 0.338 e. The quantitative estimate of drug-likeness (QED) is 0.518. The van der Waals surface area contributed by atoms with Crippen molar-refractivity contribution in [3.8, 4) is 0 Å². The van der Waals surface area contributed by atoms with E-state index in [4.69, 9.17) is 4.74 Å². The van der Waals surface area contributed by atoms with Crippen molar-refractivity contribution in [3.05, 3.63) is 46.7 Å². The molecule has 0 radical (unpaired) electrons. The van der Waals surface area contributed by atoms with Crippen molar-refractivity contribution in [1.29, 1.82) is 0 Å². The van der Waals surface area contributed by atoms with Crippen LogP contribution in [0.2, 0.25) is 0 Å². The van der Waals surface area contributed by atoms with E-state index in [0.29, 0.717) is 57.1 Å². The van der Waals surface area contributed by atoms with Gasteiger partial charge in [0.2, 0.25) is 0 Å². The van der Waals surface area contributed by atoms with Gasteiger partial charge in [0.1, 0.15) is 0 Å². The minimum atomic E-state index is -0.598. The van der Waals surface area contributed by atoms with Crippen molar-refractivity contribution in [2.45, 2.75) is 59.4 Å². The van der Waals surface area contributed by atoms with Gasteiger partial charge in [-0.25, -0.2) is 14.4 Å². The average Bonchev–Trinajstić information content (AvgIpc) is 2.87. The third kappa shape index (κ3) is 6.83. The highest BCUT2D eigenvalue weighted by Gasteiger charge is 2.38. The monoisotopic (exact) mass is 513 g/mol. The van der Waals surface area contributed by atoms with E-state index in [9.17, 15) is 14.4 Å². The van der Waals surface area contributed by atoms with Crippen LogP contribution in [0, 0.1) is 0 Å². The number of esters is 1. The van der Waals surface area contributed by atoms with E-state index in [1.54, 1.807) is 11.8 Å². The number of carbonyl (C=O) groups is 3. The minimum Gasteiger partial charge on any atom is -0.463 e. The topological polar surface area (TPSA) is 94.2 Å². The molecule has 1 aromatic carbocycles. The smallest absolute Gasteiger partial charge is 0.338 e. The zero-order valence-corrected chi connectivity index (χ0v) is 23.2. The zero-order chi connectivity index (χ0) is 27.2. The predicted molar refractivity (Wildman–Crippen MR) is 144 cm³/mol. The van der Waals surface area contributed by atoms with Gasteiger partial charge in [0.05, 0.1) is 18.2 Å². The van der Waals surface area contributed by atoms with E-state index >= 15 is 0 Å². The number of carbonyl (C=O) groups excluding carboxylic acids is 3. The van der Waals surface area contributed by atoms with Crippen LogP contribution in [0.25, 0.3) is 0 Å². The molecule has 0 bridgehead atoms. The Bertz CT molecular complexity index is 991. The number of nitrogens with one attached hydrogen (secondary N) is 2. The van der Waals surface area contributed by atoms with Crippen molar-refractivity contribution in [2.75, 3.05) is 52.4 Å². The first kappa shape index (κ1) is 28.5. The van der Waals surface area contributed by atoms with Crippen LogP contribution in [0.5, 0.6) is 0 Å². The van der Waals surface area contributed by atoms with Crippen molar-refractivity contribution < 1.29 is 19.1 Å². The number of nitrogens with zero attached hydrogens (tertiary/aromatic N) is 3. The molecule has 2 aliphatic heterocycles. The fourth-order valence-corrected chi connectivity index (χ4v) is 4.75. The molecule has 9 heteroatoms. The first-order valence-corrected chi connectivity index (χ1v) is 13.4. The Hall–Kier alpha value is -3.07. The van der Waals surface area contributed by atoms with Crippen molar-refractivity contribution >= 4 is 18.0 Å². The summed E-state index contributed by atoms with van der Waals surface area (Å²) < 4.78 is 5.49. The highest BCUT2D eigenvalue weighted by molar-refractivity contribution is 5.95. The summed E-state index contributed by atoms with van der Waals surface area (Å²) in [6, 6.07) is 7.21. The SMILES string of the molecule is CCCNC(=O)N1CCN(CC2=C(C(=O)OCC)C(c3ccc(C(C)(C)C)cc3)NC(=O)N2CC)CC1. The third-order valence-electron chi connectivity index (χ3n) is 6.92. The van der Waals surface area contributed by atoms with E-state index in [1.807, 2.05) is 30.9 Å². The molecule has 37 heavy (non-hydrogen) atoms. The summed E-state index contributed by atoms with van der Waals surface area (Å²) in [4.78, 5) is 44.5. The van der Waals surface area contributed by atoms with Gasteiger partial charge in [-0.3, -0.25) is 9.80 Å². The van der Waals surface area contributed by atoms with Crippen molar-refractivity contribution in [2.24, 2.45) is 0 Å². The lowest BCUT2D eigenvalue weighted by Gasteiger charge is -2.40. The van der Waals surface area contributed by atoms with Gasteiger partial charge in [-0.2, -0.15) is 0 Å². The maximum atomic E-state index is 13.3. The van der Waals surface area contributed by atoms with Crippen molar-refractivity contribution in [1.82, 2.24) is 25.3 Å². The second kappa shape index (κ2) is 12.4. The highest BCUT2D eigenvalue weighted by atomic mass is 16.5. The van der Waals surface area contributed by atoms with Crippen LogP contribution in [-0.2, 0) is 14.9 Å². The van der Waals surface area contributed by atoms with Crippen LogP contribution in [0.15, 0.2) is 35.5 Å². The summed E-state index contributed by atoms with van der Waals surface area (Å²) >= 11 is 0. The van der Waals surface area contributed by atoms with Gasteiger partial charge in [-0.05, 0) is 36.8 Å². The zero-order valence-electron chi connectivity index (χ0n) is 23.2. The number of likely N-dealkylation sites (N-methyl/N-ethyl adjacent to an activating group) is 1. The third-order valence-corrected chi connectivity index (χ3v) is 6.92. The van der Waals surface area contributed by atoms with E-state index in [-0.39, 0.29) is 24.1 Å². The number of urea groups is 2. The van der Waals surface area contributed by atoms with Gasteiger partial charge < -0.3 is 20.3 Å². The molecule has 0 spiro atoms. The Morgan fingerprint density at radius 2 is 1.70 bits per heavy atom. The predicted octanol–water partition coefficient (Wildman–Crippen LogP) is 3.62. The molecule has 0 aromatic heterocycles. The second-order valence-electron chi connectivity index (χ2n) is 10.6. The highest BCUT2D eigenvalue weighted by Crippen LogP contribution is 2.33. The molecule has 1 unspecified atom stereocenters. The van der Waals surface area contributed by atoms with Gasteiger partial charge >= 0.3 is 18.0 Å². The molecule has 0 saturated carbocycles. The fourth-order valence-electron chi connectivity index (χ4n) is 4.75. The average molecular weight is 514 g/mol. The number of hydrogen-bond donors (Lipinski definition) is 2. The number of rotatable bonds is 8. The lowest BCUT2D eigenvalue weighted by atomic mass is 9.85. The summed E-state index contributed by atoms with van der Waals surface area (Å²) in [5.74, 6) is -0.418. The summed E-state index contributed by atoms with van der Waals surface area (Å²) in [6.45, 7) is 16.4. The molecule has 1 saturated heterocycles. The molecule has 9 nitrogen and oxygen atoms in total. The molecule has 2 N–H and O–H groups in total. The molecule has 1 atom stereocenters. The number of benzene rings is 1. The number of hydrogen-bond acceptors (Lipinski definition) is 5.